The Bertz CT molecular complexity index is 472. The Hall–Kier alpha value is -1.86. The highest BCUT2D eigenvalue weighted by molar-refractivity contribution is 5.81. The largest absolute Gasteiger partial charge is 0.465 e. The molecule has 0 bridgehead atoms. The molecule has 1 saturated carbocycles. The highest BCUT2D eigenvalue weighted by atomic mass is 16.5. The van der Waals surface area contributed by atoms with Gasteiger partial charge in [0.15, 0.2) is 5.41 Å². The fourth-order valence-electron chi connectivity index (χ4n) is 2.20. The Morgan fingerprint density at radius 2 is 2.11 bits per heavy atom. The fraction of sp³-hybridized carbons (Fsp3) is 0.467. The SMILES string of the molecule is CCOC(=O)C1(C#N)CC(OCc2ccccc2)C1. The van der Waals surface area contributed by atoms with E-state index in [2.05, 4.69) is 6.07 Å². The maximum atomic E-state index is 11.7. The van der Waals surface area contributed by atoms with Crippen molar-refractivity contribution in [3.8, 4) is 6.07 Å². The molecular weight excluding hydrogens is 242 g/mol. The molecule has 1 aromatic rings. The molecule has 0 N–H and O–H groups in total. The number of carbonyl (C=O) groups excluding carboxylic acids is 1. The van der Waals surface area contributed by atoms with Gasteiger partial charge < -0.3 is 9.47 Å². The van der Waals surface area contributed by atoms with Gasteiger partial charge in [0.05, 0.1) is 25.4 Å². The van der Waals surface area contributed by atoms with Crippen LogP contribution in [0.5, 0.6) is 0 Å². The van der Waals surface area contributed by atoms with Gasteiger partial charge in [0.2, 0.25) is 0 Å². The Morgan fingerprint density at radius 3 is 2.68 bits per heavy atom. The molecule has 1 aliphatic rings. The molecule has 2 rings (SSSR count). The Labute approximate surface area is 112 Å². The highest BCUT2D eigenvalue weighted by Gasteiger charge is 2.52. The minimum Gasteiger partial charge on any atom is -0.465 e. The zero-order chi connectivity index (χ0) is 13.7. The molecule has 100 valence electrons. The summed E-state index contributed by atoms with van der Waals surface area (Å²) in [5, 5.41) is 9.13. The lowest BCUT2D eigenvalue weighted by atomic mass is 9.68. The number of rotatable bonds is 5. The summed E-state index contributed by atoms with van der Waals surface area (Å²) in [5.41, 5.74) is 0.102. The van der Waals surface area contributed by atoms with Crippen LogP contribution in [0.2, 0.25) is 0 Å². The van der Waals surface area contributed by atoms with Gasteiger partial charge in [-0.1, -0.05) is 30.3 Å². The number of hydrogen-bond acceptors (Lipinski definition) is 4. The number of nitrogens with zero attached hydrogens (tertiary/aromatic N) is 1. The van der Waals surface area contributed by atoms with Crippen LogP contribution in [0.3, 0.4) is 0 Å². The third-order valence-corrected chi connectivity index (χ3v) is 3.36. The summed E-state index contributed by atoms with van der Waals surface area (Å²) in [5.74, 6) is -0.419. The van der Waals surface area contributed by atoms with Crippen molar-refractivity contribution in [2.45, 2.75) is 32.5 Å². The molecule has 0 heterocycles. The van der Waals surface area contributed by atoms with Gasteiger partial charge >= 0.3 is 5.97 Å². The van der Waals surface area contributed by atoms with E-state index in [9.17, 15) is 4.79 Å². The van der Waals surface area contributed by atoms with Gasteiger partial charge in [0, 0.05) is 12.8 Å². The van der Waals surface area contributed by atoms with Crippen LogP contribution in [0.4, 0.5) is 0 Å². The van der Waals surface area contributed by atoms with Crippen LogP contribution in [0, 0.1) is 16.7 Å². The molecule has 0 aliphatic heterocycles. The molecule has 0 unspecified atom stereocenters. The summed E-state index contributed by atoms with van der Waals surface area (Å²) < 4.78 is 10.6. The quantitative estimate of drug-likeness (QED) is 0.762. The van der Waals surface area contributed by atoms with E-state index in [0.717, 1.165) is 5.56 Å². The molecule has 0 radical (unpaired) electrons. The maximum absolute atomic E-state index is 11.7. The zero-order valence-electron chi connectivity index (χ0n) is 11.0. The third kappa shape index (κ3) is 2.94. The molecule has 4 nitrogen and oxygen atoms in total. The molecule has 1 aromatic carbocycles. The number of benzene rings is 1. The monoisotopic (exact) mass is 259 g/mol. The van der Waals surface area contributed by atoms with Crippen molar-refractivity contribution in [1.29, 1.82) is 5.26 Å². The average Bonchev–Trinajstić information content (AvgIpc) is 2.39. The maximum Gasteiger partial charge on any atom is 0.326 e. The van der Waals surface area contributed by atoms with E-state index in [4.69, 9.17) is 14.7 Å². The van der Waals surface area contributed by atoms with Crippen molar-refractivity contribution in [2.24, 2.45) is 5.41 Å². The van der Waals surface area contributed by atoms with Crippen LogP contribution in [-0.2, 0) is 20.9 Å². The van der Waals surface area contributed by atoms with Crippen molar-refractivity contribution in [3.05, 3.63) is 35.9 Å². The predicted molar refractivity (Wildman–Crippen MR) is 68.9 cm³/mol. The van der Waals surface area contributed by atoms with Crippen molar-refractivity contribution in [2.75, 3.05) is 6.61 Å². The molecule has 1 aliphatic carbocycles. The second-order valence-electron chi connectivity index (χ2n) is 4.74. The van der Waals surface area contributed by atoms with Crippen molar-refractivity contribution in [3.63, 3.8) is 0 Å². The molecule has 0 amide bonds. The Balaban J connectivity index is 1.82. The number of ether oxygens (including phenoxy) is 2. The van der Waals surface area contributed by atoms with Crippen molar-refractivity contribution < 1.29 is 14.3 Å². The van der Waals surface area contributed by atoms with E-state index in [1.807, 2.05) is 30.3 Å². The molecular formula is C15H17NO3. The van der Waals surface area contributed by atoms with Crippen LogP contribution in [-0.4, -0.2) is 18.7 Å². The van der Waals surface area contributed by atoms with E-state index < -0.39 is 11.4 Å². The lowest BCUT2D eigenvalue weighted by Gasteiger charge is -2.39. The number of carbonyl (C=O) groups is 1. The molecule has 0 atom stereocenters. The molecule has 19 heavy (non-hydrogen) atoms. The third-order valence-electron chi connectivity index (χ3n) is 3.36. The first-order valence-corrected chi connectivity index (χ1v) is 6.44. The molecule has 0 aromatic heterocycles. The average molecular weight is 259 g/mol. The first-order valence-electron chi connectivity index (χ1n) is 6.44. The van der Waals surface area contributed by atoms with E-state index in [-0.39, 0.29) is 6.10 Å². The standard InChI is InChI=1S/C15H17NO3/c1-2-18-14(17)15(11-16)8-13(9-15)19-10-12-6-4-3-5-7-12/h3-7,13H,2,8-10H2,1H3. The first kappa shape index (κ1) is 13.6. The molecule has 1 fully saturated rings. The van der Waals surface area contributed by atoms with Gasteiger partial charge in [0.1, 0.15) is 0 Å². The summed E-state index contributed by atoms with van der Waals surface area (Å²) >= 11 is 0. The summed E-state index contributed by atoms with van der Waals surface area (Å²) in [6, 6.07) is 11.9. The van der Waals surface area contributed by atoms with Crippen LogP contribution < -0.4 is 0 Å². The van der Waals surface area contributed by atoms with Gasteiger partial charge in [-0.15, -0.1) is 0 Å². The van der Waals surface area contributed by atoms with Crippen LogP contribution in [0.25, 0.3) is 0 Å². The normalized spacial score (nSPS) is 25.2. The van der Waals surface area contributed by atoms with E-state index in [1.165, 1.54) is 0 Å². The van der Waals surface area contributed by atoms with E-state index in [1.54, 1.807) is 6.92 Å². The molecule has 0 spiro atoms. The first-order chi connectivity index (χ1) is 9.20. The van der Waals surface area contributed by atoms with Gasteiger partial charge in [-0.2, -0.15) is 5.26 Å². The number of nitriles is 1. The lowest BCUT2D eigenvalue weighted by Crippen LogP contribution is -2.47. The topological polar surface area (TPSA) is 59.3 Å². The molecule has 4 heteroatoms. The number of esters is 1. The van der Waals surface area contributed by atoms with Gasteiger partial charge in [-0.3, -0.25) is 4.79 Å². The minimum absolute atomic E-state index is 0.0377. The van der Waals surface area contributed by atoms with E-state index >= 15 is 0 Å². The Morgan fingerprint density at radius 1 is 1.42 bits per heavy atom. The van der Waals surface area contributed by atoms with Gasteiger partial charge in [0.25, 0.3) is 0 Å². The van der Waals surface area contributed by atoms with Gasteiger partial charge in [-0.25, -0.2) is 0 Å². The fourth-order valence-corrected chi connectivity index (χ4v) is 2.20. The summed E-state index contributed by atoms with van der Waals surface area (Å²) in [6.07, 6.45) is 0.814. The van der Waals surface area contributed by atoms with Crippen LogP contribution in [0.1, 0.15) is 25.3 Å². The highest BCUT2D eigenvalue weighted by Crippen LogP contribution is 2.43. The summed E-state index contributed by atoms with van der Waals surface area (Å²) in [6.45, 7) is 2.55. The van der Waals surface area contributed by atoms with Crippen molar-refractivity contribution in [1.82, 2.24) is 0 Å². The smallest absolute Gasteiger partial charge is 0.326 e. The summed E-state index contributed by atoms with van der Waals surface area (Å²) in [7, 11) is 0. The van der Waals surface area contributed by atoms with Gasteiger partial charge in [-0.05, 0) is 12.5 Å². The second-order valence-corrected chi connectivity index (χ2v) is 4.74. The van der Waals surface area contributed by atoms with Crippen LogP contribution >= 0.6 is 0 Å². The summed E-state index contributed by atoms with van der Waals surface area (Å²) in [4.78, 5) is 11.7. The number of hydrogen-bond donors (Lipinski definition) is 0. The molecule has 0 saturated heterocycles. The van der Waals surface area contributed by atoms with E-state index in [0.29, 0.717) is 26.1 Å². The lowest BCUT2D eigenvalue weighted by molar-refractivity contribution is -0.166. The Kier molecular flexibility index (Phi) is 4.18. The second kappa shape index (κ2) is 5.85. The minimum atomic E-state index is -0.989. The zero-order valence-corrected chi connectivity index (χ0v) is 11.0. The predicted octanol–water partition coefficient (Wildman–Crippen LogP) is 2.44. The van der Waals surface area contributed by atoms with Crippen LogP contribution in [0.15, 0.2) is 30.3 Å². The van der Waals surface area contributed by atoms with Crippen molar-refractivity contribution >= 4 is 5.97 Å².